The lowest BCUT2D eigenvalue weighted by Crippen LogP contribution is -2.44. The van der Waals surface area contributed by atoms with Gasteiger partial charge in [-0.2, -0.15) is 0 Å². The minimum atomic E-state index is -0.0473. The van der Waals surface area contributed by atoms with E-state index in [0.717, 1.165) is 50.6 Å². The van der Waals surface area contributed by atoms with Crippen molar-refractivity contribution in [2.75, 3.05) is 49.6 Å². The zero-order valence-corrected chi connectivity index (χ0v) is 18.8. The van der Waals surface area contributed by atoms with E-state index in [2.05, 4.69) is 44.5 Å². The van der Waals surface area contributed by atoms with Gasteiger partial charge in [0.25, 0.3) is 0 Å². The highest BCUT2D eigenvalue weighted by Crippen LogP contribution is 2.32. The molecule has 2 fully saturated rings. The van der Waals surface area contributed by atoms with Gasteiger partial charge in [-0.3, -0.25) is 14.5 Å². The average Bonchev–Trinajstić information content (AvgIpc) is 3.43. The van der Waals surface area contributed by atoms with Crippen LogP contribution in [0.2, 0.25) is 0 Å². The van der Waals surface area contributed by atoms with Crippen molar-refractivity contribution in [2.45, 2.75) is 32.2 Å². The van der Waals surface area contributed by atoms with Crippen molar-refractivity contribution >= 4 is 33.4 Å². The third-order valence-corrected chi connectivity index (χ3v) is 6.87. The first-order valence-corrected chi connectivity index (χ1v) is 11.8. The molecule has 0 saturated carbocycles. The third kappa shape index (κ3) is 5.59. The van der Waals surface area contributed by atoms with Crippen LogP contribution in [0.25, 0.3) is 0 Å². The van der Waals surface area contributed by atoms with Crippen LogP contribution in [0, 0.1) is 5.92 Å². The maximum atomic E-state index is 12.7. The number of piperidine rings is 1. The van der Waals surface area contributed by atoms with Crippen molar-refractivity contribution in [3.05, 3.63) is 35.9 Å². The molecule has 2 aliphatic rings. The molecule has 0 bridgehead atoms. The lowest BCUT2D eigenvalue weighted by Gasteiger charge is -2.31. The van der Waals surface area contributed by atoms with E-state index in [4.69, 9.17) is 0 Å². The first-order chi connectivity index (χ1) is 15.1. The first kappa shape index (κ1) is 21.7. The summed E-state index contributed by atoms with van der Waals surface area (Å²) in [7, 11) is 2.07. The van der Waals surface area contributed by atoms with E-state index in [9.17, 15) is 9.59 Å². The van der Waals surface area contributed by atoms with Crippen LogP contribution in [0.3, 0.4) is 0 Å². The summed E-state index contributed by atoms with van der Waals surface area (Å²) in [6, 6.07) is 10.3. The number of nitrogens with one attached hydrogen (secondary N) is 1. The molecule has 1 N–H and O–H groups in total. The van der Waals surface area contributed by atoms with Crippen LogP contribution < -0.4 is 15.1 Å². The smallest absolute Gasteiger partial charge is 0.228 e. The highest BCUT2D eigenvalue weighted by atomic mass is 32.1. The maximum absolute atomic E-state index is 12.7. The van der Waals surface area contributed by atoms with Crippen molar-refractivity contribution in [2.24, 2.45) is 5.92 Å². The predicted molar refractivity (Wildman–Crippen MR) is 122 cm³/mol. The van der Waals surface area contributed by atoms with Gasteiger partial charge in [0.15, 0.2) is 0 Å². The summed E-state index contributed by atoms with van der Waals surface area (Å²) >= 11 is 1.45. The average molecular weight is 443 g/mol. The van der Waals surface area contributed by atoms with Gasteiger partial charge in [0, 0.05) is 45.7 Å². The number of aromatic nitrogens is 2. The summed E-state index contributed by atoms with van der Waals surface area (Å²) in [6.45, 7) is 4.55. The summed E-state index contributed by atoms with van der Waals surface area (Å²) in [4.78, 5) is 30.8. The number of likely N-dealkylation sites (N-methyl/N-ethyl adjacent to an activating group) is 1. The van der Waals surface area contributed by atoms with Crippen LogP contribution in [0.1, 0.15) is 31.2 Å². The number of nitrogens with zero attached hydrogens (tertiary/aromatic N) is 5. The number of carbonyl (C=O) groups excluding carboxylic acids is 2. The Kier molecular flexibility index (Phi) is 7.14. The Bertz CT molecular complexity index is 889. The molecule has 2 saturated heterocycles. The van der Waals surface area contributed by atoms with Crippen LogP contribution in [0.4, 0.5) is 10.3 Å². The minimum Gasteiger partial charge on any atom is -0.355 e. The summed E-state index contributed by atoms with van der Waals surface area (Å²) in [5.74, 6) is 0.182. The number of anilines is 2. The van der Waals surface area contributed by atoms with Crippen LogP contribution in [0.15, 0.2) is 30.3 Å². The summed E-state index contributed by atoms with van der Waals surface area (Å²) in [5, 5.41) is 13.1. The molecular weight excluding hydrogens is 412 g/mol. The van der Waals surface area contributed by atoms with Gasteiger partial charge in [-0.25, -0.2) is 0 Å². The zero-order valence-electron chi connectivity index (χ0n) is 18.0. The number of hydrogen-bond donors (Lipinski definition) is 1. The van der Waals surface area contributed by atoms with Crippen molar-refractivity contribution in [3.8, 4) is 0 Å². The largest absolute Gasteiger partial charge is 0.355 e. The van der Waals surface area contributed by atoms with E-state index in [1.54, 1.807) is 4.90 Å². The molecule has 1 unspecified atom stereocenters. The number of hydrogen-bond acceptors (Lipinski definition) is 7. The predicted octanol–water partition coefficient (Wildman–Crippen LogP) is 2.13. The Morgan fingerprint density at radius 3 is 2.77 bits per heavy atom. The van der Waals surface area contributed by atoms with Gasteiger partial charge < -0.3 is 15.1 Å². The molecule has 2 aromatic rings. The molecule has 8 nitrogen and oxygen atoms in total. The number of carbonyl (C=O) groups is 2. The molecule has 0 aliphatic carbocycles. The summed E-state index contributed by atoms with van der Waals surface area (Å²) in [6.07, 6.45) is 3.30. The monoisotopic (exact) mass is 442 g/mol. The highest BCUT2D eigenvalue weighted by molar-refractivity contribution is 7.19. The van der Waals surface area contributed by atoms with E-state index >= 15 is 0 Å². The van der Waals surface area contributed by atoms with Crippen molar-refractivity contribution < 1.29 is 9.59 Å². The van der Waals surface area contributed by atoms with Gasteiger partial charge in [-0.1, -0.05) is 41.7 Å². The van der Waals surface area contributed by atoms with Crippen LogP contribution in [0.5, 0.6) is 0 Å². The molecule has 0 spiro atoms. The van der Waals surface area contributed by atoms with Crippen molar-refractivity contribution in [1.82, 2.24) is 20.4 Å². The molecule has 166 valence electrons. The molecule has 2 aliphatic heterocycles. The van der Waals surface area contributed by atoms with E-state index in [0.29, 0.717) is 24.6 Å². The zero-order chi connectivity index (χ0) is 21.6. The van der Waals surface area contributed by atoms with Crippen LogP contribution in [-0.4, -0.2) is 66.7 Å². The van der Waals surface area contributed by atoms with Crippen molar-refractivity contribution in [1.29, 1.82) is 0 Å². The molecule has 0 radical (unpaired) electrons. The summed E-state index contributed by atoms with van der Waals surface area (Å²) in [5.41, 5.74) is 1.27. The molecular formula is C22H30N6O2S. The molecule has 4 rings (SSSR count). The van der Waals surface area contributed by atoms with Gasteiger partial charge in [-0.05, 0) is 31.9 Å². The Morgan fingerprint density at radius 1 is 1.19 bits per heavy atom. The maximum Gasteiger partial charge on any atom is 0.228 e. The van der Waals surface area contributed by atoms with Crippen LogP contribution in [-0.2, 0) is 16.1 Å². The second kappa shape index (κ2) is 10.2. The number of benzene rings is 1. The second-order valence-corrected chi connectivity index (χ2v) is 9.25. The molecule has 1 aromatic carbocycles. The fourth-order valence-electron chi connectivity index (χ4n) is 4.15. The molecule has 9 heteroatoms. The molecule has 1 aromatic heterocycles. The normalized spacial score (nSPS) is 19.3. The Morgan fingerprint density at radius 2 is 2.00 bits per heavy atom. The SMILES string of the molecule is CN(CCNC(=O)C1CCCN(c2nnc(N3CCCC3=O)s2)C1)Cc1ccccc1. The van der Waals surface area contributed by atoms with Gasteiger partial charge >= 0.3 is 0 Å². The molecule has 31 heavy (non-hydrogen) atoms. The van der Waals surface area contributed by atoms with Gasteiger partial charge in [-0.15, -0.1) is 10.2 Å². The van der Waals surface area contributed by atoms with E-state index in [1.165, 1.54) is 16.9 Å². The lowest BCUT2D eigenvalue weighted by atomic mass is 9.97. The first-order valence-electron chi connectivity index (χ1n) is 11.0. The van der Waals surface area contributed by atoms with E-state index in [-0.39, 0.29) is 17.7 Å². The Hall–Kier alpha value is -2.52. The molecule has 1 atom stereocenters. The van der Waals surface area contributed by atoms with E-state index < -0.39 is 0 Å². The number of amides is 2. The quantitative estimate of drug-likeness (QED) is 0.675. The minimum absolute atomic E-state index is 0.0473. The van der Waals surface area contributed by atoms with Crippen molar-refractivity contribution in [3.63, 3.8) is 0 Å². The van der Waals surface area contributed by atoms with Gasteiger partial charge in [0.05, 0.1) is 5.92 Å². The van der Waals surface area contributed by atoms with Gasteiger partial charge in [0.1, 0.15) is 0 Å². The highest BCUT2D eigenvalue weighted by Gasteiger charge is 2.30. The number of rotatable bonds is 8. The van der Waals surface area contributed by atoms with Crippen LogP contribution >= 0.6 is 11.3 Å². The van der Waals surface area contributed by atoms with Gasteiger partial charge in [0.2, 0.25) is 22.1 Å². The third-order valence-electron chi connectivity index (χ3n) is 5.86. The molecule has 2 amide bonds. The fraction of sp³-hybridized carbons (Fsp3) is 0.545. The Balaban J connectivity index is 1.24. The topological polar surface area (TPSA) is 81.7 Å². The second-order valence-electron chi connectivity index (χ2n) is 8.32. The standard InChI is InChI=1S/C22H30N6O2S/c1-26(15-17-7-3-2-4-8-17)14-11-23-20(30)18-9-5-12-27(16-18)21-24-25-22(31-21)28-13-6-10-19(28)29/h2-4,7-8,18H,5-6,9-16H2,1H3,(H,23,30). The fourth-order valence-corrected chi connectivity index (χ4v) is 5.07. The molecule has 3 heterocycles. The Labute approximate surface area is 187 Å². The summed E-state index contributed by atoms with van der Waals surface area (Å²) < 4.78 is 0. The lowest BCUT2D eigenvalue weighted by molar-refractivity contribution is -0.125. The van der Waals surface area contributed by atoms with E-state index in [1.807, 2.05) is 18.2 Å².